The van der Waals surface area contributed by atoms with Crippen LogP contribution < -0.4 is 0 Å². The highest BCUT2D eigenvalue weighted by molar-refractivity contribution is 5.94. The van der Waals surface area contributed by atoms with Crippen LogP contribution in [0, 0.1) is 11.9 Å². The van der Waals surface area contributed by atoms with Crippen LogP contribution in [-0.4, -0.2) is 77.8 Å². The second-order valence-electron chi connectivity index (χ2n) is 8.80. The average molecular weight is 460 g/mol. The van der Waals surface area contributed by atoms with Gasteiger partial charge >= 0.3 is 0 Å². The number of aromatic nitrogens is 5. The monoisotopic (exact) mass is 460 g/mol. The van der Waals surface area contributed by atoms with E-state index in [-0.39, 0.29) is 11.5 Å². The molecule has 2 N–H and O–H groups in total. The smallest absolute Gasteiger partial charge is 0.253 e. The summed E-state index contributed by atoms with van der Waals surface area (Å²) in [7, 11) is 0. The van der Waals surface area contributed by atoms with Crippen LogP contribution in [0.2, 0.25) is 0 Å². The summed E-state index contributed by atoms with van der Waals surface area (Å²) in [5.74, 6) is -1.42. The minimum absolute atomic E-state index is 0.196. The summed E-state index contributed by atoms with van der Waals surface area (Å²) in [4.78, 5) is 28.6. The Morgan fingerprint density at radius 1 is 1.15 bits per heavy atom. The number of nitrogens with zero attached hydrogens (tertiary/aromatic N) is 6. The molecule has 0 aliphatic carbocycles. The number of H-pyrrole nitrogens is 1. The van der Waals surface area contributed by atoms with Crippen molar-refractivity contribution in [2.45, 2.75) is 18.9 Å². The van der Waals surface area contributed by atoms with Crippen molar-refractivity contribution < 1.29 is 14.3 Å². The zero-order valence-electron chi connectivity index (χ0n) is 18.4. The van der Waals surface area contributed by atoms with E-state index in [4.69, 9.17) is 0 Å². The second kappa shape index (κ2) is 8.21. The first-order valence-corrected chi connectivity index (χ1v) is 11.3. The molecule has 2 saturated heterocycles. The molecule has 4 aromatic rings. The molecule has 1 radical (unpaired) electrons. The Morgan fingerprint density at radius 2 is 1.97 bits per heavy atom. The van der Waals surface area contributed by atoms with Crippen molar-refractivity contribution in [3.63, 3.8) is 0 Å². The normalized spacial score (nSPS) is 17.9. The summed E-state index contributed by atoms with van der Waals surface area (Å²) < 4.78 is 15.5. The minimum atomic E-state index is -0.775. The number of likely N-dealkylation sites (tertiary alicyclic amines) is 2. The van der Waals surface area contributed by atoms with Crippen LogP contribution in [0.15, 0.2) is 49.2 Å². The highest BCUT2D eigenvalue weighted by Crippen LogP contribution is 2.30. The number of halogens is 1. The number of benzene rings is 1. The van der Waals surface area contributed by atoms with Gasteiger partial charge in [-0.05, 0) is 37.1 Å². The first-order chi connectivity index (χ1) is 16.6. The lowest BCUT2D eigenvalue weighted by molar-refractivity contribution is 0.0514. The number of nitrogens with one attached hydrogen (secondary N) is 1. The van der Waals surface area contributed by atoms with E-state index in [0.29, 0.717) is 19.1 Å². The maximum atomic E-state index is 13.6. The van der Waals surface area contributed by atoms with Crippen molar-refractivity contribution in [3.05, 3.63) is 66.6 Å². The van der Waals surface area contributed by atoms with Gasteiger partial charge in [-0.3, -0.25) is 14.4 Å². The molecule has 3 aromatic heterocycles. The molecule has 0 atom stereocenters. The fraction of sp³-hybridized carbons (Fsp3) is 0.292. The highest BCUT2D eigenvalue weighted by Gasteiger charge is 2.37. The van der Waals surface area contributed by atoms with Gasteiger partial charge in [-0.15, -0.1) is 0 Å². The van der Waals surface area contributed by atoms with Crippen molar-refractivity contribution in [2.24, 2.45) is 0 Å². The van der Waals surface area contributed by atoms with Crippen LogP contribution in [0.5, 0.6) is 5.75 Å². The lowest BCUT2D eigenvalue weighted by Crippen LogP contribution is -2.56. The van der Waals surface area contributed by atoms with Gasteiger partial charge in [0, 0.05) is 61.1 Å². The second-order valence-corrected chi connectivity index (χ2v) is 8.80. The number of phenols is 1. The number of aromatic amines is 1. The predicted molar refractivity (Wildman–Crippen MR) is 122 cm³/mol. The number of carbonyl (C=O) groups excluding carboxylic acids is 1. The fourth-order valence-corrected chi connectivity index (χ4v) is 4.80. The van der Waals surface area contributed by atoms with E-state index >= 15 is 0 Å². The van der Waals surface area contributed by atoms with Crippen molar-refractivity contribution in [3.8, 4) is 17.0 Å². The molecule has 0 spiro atoms. The Balaban J connectivity index is 1.05. The lowest BCUT2D eigenvalue weighted by Gasteiger charge is -2.46. The number of phenolic OH excluding ortho intramolecular Hbond substituents is 1. The molecule has 1 aromatic carbocycles. The summed E-state index contributed by atoms with van der Waals surface area (Å²) >= 11 is 0. The maximum Gasteiger partial charge on any atom is 0.253 e. The molecule has 0 saturated carbocycles. The van der Waals surface area contributed by atoms with E-state index in [1.54, 1.807) is 11.2 Å². The first-order valence-electron chi connectivity index (χ1n) is 11.3. The third kappa shape index (κ3) is 3.60. The predicted octanol–water partition coefficient (Wildman–Crippen LogP) is 2.67. The lowest BCUT2D eigenvalue weighted by atomic mass is 9.97. The fourth-order valence-electron chi connectivity index (χ4n) is 4.80. The van der Waals surface area contributed by atoms with Crippen LogP contribution in [0.3, 0.4) is 0 Å². The van der Waals surface area contributed by atoms with Crippen molar-refractivity contribution >= 4 is 16.9 Å². The summed E-state index contributed by atoms with van der Waals surface area (Å²) in [6, 6.07) is 7.38. The number of aromatic hydroxyl groups is 1. The van der Waals surface area contributed by atoms with E-state index in [0.717, 1.165) is 54.3 Å². The number of hydrogen-bond donors (Lipinski definition) is 2. The summed E-state index contributed by atoms with van der Waals surface area (Å²) in [6.07, 6.45) is 9.00. The molecule has 2 fully saturated rings. The third-order valence-corrected chi connectivity index (χ3v) is 6.77. The van der Waals surface area contributed by atoms with Crippen LogP contribution in [0.25, 0.3) is 22.3 Å². The summed E-state index contributed by atoms with van der Waals surface area (Å²) in [5.41, 5.74) is 2.89. The maximum absolute atomic E-state index is 13.6. The molecule has 34 heavy (non-hydrogen) atoms. The number of amides is 1. The number of hydrogen-bond acceptors (Lipinski definition) is 6. The van der Waals surface area contributed by atoms with Gasteiger partial charge in [0.05, 0.1) is 11.9 Å². The molecule has 10 heteroatoms. The number of carbonyl (C=O) groups is 1. The Kier molecular flexibility index (Phi) is 5.02. The van der Waals surface area contributed by atoms with Gasteiger partial charge in [-0.25, -0.2) is 14.4 Å². The molecule has 5 heterocycles. The first kappa shape index (κ1) is 20.8. The van der Waals surface area contributed by atoms with Crippen molar-refractivity contribution in [1.29, 1.82) is 0 Å². The van der Waals surface area contributed by atoms with E-state index in [1.807, 2.05) is 29.3 Å². The zero-order valence-corrected chi connectivity index (χ0v) is 18.4. The molecule has 1 amide bonds. The van der Waals surface area contributed by atoms with Crippen LogP contribution in [-0.2, 0) is 0 Å². The SMILES string of the molecule is O=C(c1ccc(O)c(F)c1)N1CCC(N2C[C](n3cc(-c4ncnc5[nH]ccc45)cn3)C2)CC1. The van der Waals surface area contributed by atoms with Gasteiger partial charge in [0.25, 0.3) is 5.91 Å². The number of fused-ring (bicyclic) bond motifs is 1. The standard InChI is InChI=1S/C24H23FN7O2/c25-20-9-15(1-2-21(20)33)24(34)30-7-4-17(5-8-30)31-12-18(13-31)32-11-16(10-29-32)22-19-3-6-26-23(19)28-14-27-22/h1-3,6,9-11,14,17,33H,4-5,7-8,12-13H2,(H,26,27,28). The van der Waals surface area contributed by atoms with Crippen LogP contribution in [0.4, 0.5) is 4.39 Å². The van der Waals surface area contributed by atoms with Gasteiger partial charge in [0.15, 0.2) is 11.6 Å². The summed E-state index contributed by atoms with van der Waals surface area (Å²) in [5, 5.41) is 14.9. The Bertz CT molecular complexity index is 1350. The number of rotatable bonds is 4. The Hall–Kier alpha value is -3.79. The van der Waals surface area contributed by atoms with E-state index in [1.165, 1.54) is 18.2 Å². The van der Waals surface area contributed by atoms with E-state index in [9.17, 15) is 14.3 Å². The number of piperidine rings is 1. The molecule has 9 nitrogen and oxygen atoms in total. The molecule has 173 valence electrons. The van der Waals surface area contributed by atoms with Gasteiger partial charge in [-0.2, -0.15) is 5.10 Å². The van der Waals surface area contributed by atoms with E-state index < -0.39 is 11.6 Å². The molecule has 2 aliphatic heterocycles. The van der Waals surface area contributed by atoms with Crippen molar-refractivity contribution in [2.75, 3.05) is 26.2 Å². The van der Waals surface area contributed by atoms with Crippen LogP contribution >= 0.6 is 0 Å². The van der Waals surface area contributed by atoms with E-state index in [2.05, 4.69) is 25.0 Å². The molecule has 6 rings (SSSR count). The third-order valence-electron chi connectivity index (χ3n) is 6.77. The molecular weight excluding hydrogens is 437 g/mol. The van der Waals surface area contributed by atoms with Gasteiger partial charge in [0.1, 0.15) is 18.0 Å². The van der Waals surface area contributed by atoms with Crippen LogP contribution in [0.1, 0.15) is 23.2 Å². The topological polar surface area (TPSA) is 103 Å². The highest BCUT2D eigenvalue weighted by atomic mass is 19.1. The van der Waals surface area contributed by atoms with Gasteiger partial charge in [0.2, 0.25) is 0 Å². The quantitative estimate of drug-likeness (QED) is 0.485. The molecular formula is C24H23FN7O2. The molecule has 0 unspecified atom stereocenters. The largest absolute Gasteiger partial charge is 0.505 e. The minimum Gasteiger partial charge on any atom is -0.505 e. The van der Waals surface area contributed by atoms with Gasteiger partial charge < -0.3 is 15.0 Å². The molecule has 2 aliphatic rings. The summed E-state index contributed by atoms with van der Waals surface area (Å²) in [6.45, 7) is 2.94. The average Bonchev–Trinajstić information content (AvgIpc) is 3.50. The Labute approximate surface area is 194 Å². The Morgan fingerprint density at radius 3 is 2.76 bits per heavy atom. The molecule has 0 bridgehead atoms. The van der Waals surface area contributed by atoms with Gasteiger partial charge in [-0.1, -0.05) is 0 Å². The zero-order chi connectivity index (χ0) is 23.2. The van der Waals surface area contributed by atoms with Crippen molar-refractivity contribution in [1.82, 2.24) is 34.5 Å².